The summed E-state index contributed by atoms with van der Waals surface area (Å²) in [6.45, 7) is 3.57. The van der Waals surface area contributed by atoms with Crippen molar-refractivity contribution in [1.29, 1.82) is 0 Å². The first kappa shape index (κ1) is 22.9. The summed E-state index contributed by atoms with van der Waals surface area (Å²) in [5, 5.41) is 16.2. The third kappa shape index (κ3) is 5.28. The Morgan fingerprint density at radius 3 is 2.19 bits per heavy atom. The van der Waals surface area contributed by atoms with Gasteiger partial charge < -0.3 is 15.7 Å². The molecular formula is C24H25N3O4S. The Kier molecular flexibility index (Phi) is 6.85. The van der Waals surface area contributed by atoms with Crippen molar-refractivity contribution < 1.29 is 18.3 Å². The normalized spacial score (nSPS) is 12.0. The zero-order valence-corrected chi connectivity index (χ0v) is 18.8. The molecule has 0 saturated carbocycles. The maximum absolute atomic E-state index is 13.1. The lowest BCUT2D eigenvalue weighted by Crippen LogP contribution is -2.19. The molecule has 0 aliphatic heterocycles. The van der Waals surface area contributed by atoms with E-state index in [4.69, 9.17) is 0 Å². The first-order valence-corrected chi connectivity index (χ1v) is 11.4. The first-order chi connectivity index (χ1) is 15.2. The van der Waals surface area contributed by atoms with E-state index in [1.807, 2.05) is 13.0 Å². The maximum atomic E-state index is 13.1. The van der Waals surface area contributed by atoms with Gasteiger partial charge in [-0.1, -0.05) is 35.9 Å². The Morgan fingerprint density at radius 2 is 1.56 bits per heavy atom. The van der Waals surface area contributed by atoms with Crippen molar-refractivity contribution in [3.63, 3.8) is 0 Å². The first-order valence-electron chi connectivity index (χ1n) is 9.89. The summed E-state index contributed by atoms with van der Waals surface area (Å²) < 4.78 is 28.0. The van der Waals surface area contributed by atoms with E-state index in [-0.39, 0.29) is 27.5 Å². The van der Waals surface area contributed by atoms with Gasteiger partial charge in [0, 0.05) is 29.7 Å². The molecule has 0 aliphatic carbocycles. The molecule has 0 radical (unpaired) electrons. The topological polar surface area (TPSA) is 108 Å². The van der Waals surface area contributed by atoms with E-state index in [0.29, 0.717) is 11.4 Å². The van der Waals surface area contributed by atoms with Crippen LogP contribution >= 0.6 is 0 Å². The van der Waals surface area contributed by atoms with E-state index >= 15 is 0 Å². The molecule has 7 nitrogen and oxygen atoms in total. The number of benzene rings is 3. The Hall–Kier alpha value is -3.78. The fourth-order valence-corrected chi connectivity index (χ4v) is 4.12. The fourth-order valence-electron chi connectivity index (χ4n) is 3.07. The Morgan fingerprint density at radius 1 is 0.906 bits per heavy atom. The quantitative estimate of drug-likeness (QED) is 0.320. The summed E-state index contributed by atoms with van der Waals surface area (Å²) in [4.78, 5) is 13.2. The number of phenols is 1. The lowest BCUT2D eigenvalue weighted by molar-refractivity contribution is -0.111. The van der Waals surface area contributed by atoms with Gasteiger partial charge in [0.1, 0.15) is 5.75 Å². The highest BCUT2D eigenvalue weighted by molar-refractivity contribution is 7.92. The fraction of sp³-hybridized carbons (Fsp3) is 0.125. The van der Waals surface area contributed by atoms with Crippen molar-refractivity contribution in [3.05, 3.63) is 89.6 Å². The average molecular weight is 452 g/mol. The summed E-state index contributed by atoms with van der Waals surface area (Å²) in [6, 6.07) is 19.6. The van der Waals surface area contributed by atoms with Gasteiger partial charge in [-0.3, -0.25) is 9.52 Å². The number of hydrogen-bond acceptors (Lipinski definition) is 5. The smallest absolute Gasteiger partial charge is 0.261 e. The molecule has 8 heteroatoms. The molecule has 3 aromatic rings. The number of aryl methyl sites for hydroxylation is 1. The molecule has 0 aromatic heterocycles. The Labute approximate surface area is 187 Å². The van der Waals surface area contributed by atoms with Crippen molar-refractivity contribution in [2.75, 3.05) is 17.1 Å². The molecular weight excluding hydrogens is 426 g/mol. The van der Waals surface area contributed by atoms with Gasteiger partial charge in [-0.25, -0.2) is 8.42 Å². The molecule has 0 bridgehead atoms. The van der Waals surface area contributed by atoms with Gasteiger partial charge in [0.05, 0.1) is 10.5 Å². The van der Waals surface area contributed by atoms with E-state index in [9.17, 15) is 18.3 Å². The standard InChI is InChI=1S/C24H25N3O4S/c1-16-9-12-20(13-10-16)32(30,31)27-19-11-14-22(28)21(15-19)23(17(2)25-3)24(29)26-18-7-5-4-6-8-18/h4-15,25,27-28H,1-3H3,(H,26,29)/b23-17+. The van der Waals surface area contributed by atoms with E-state index in [1.165, 1.54) is 30.3 Å². The molecule has 1 amide bonds. The maximum Gasteiger partial charge on any atom is 0.261 e. The summed E-state index contributed by atoms with van der Waals surface area (Å²) in [7, 11) is -2.19. The largest absolute Gasteiger partial charge is 0.507 e. The van der Waals surface area contributed by atoms with Gasteiger partial charge in [0.25, 0.3) is 15.9 Å². The van der Waals surface area contributed by atoms with Crippen LogP contribution in [0.2, 0.25) is 0 Å². The zero-order chi connectivity index (χ0) is 23.3. The van der Waals surface area contributed by atoms with E-state index in [2.05, 4.69) is 15.4 Å². The van der Waals surface area contributed by atoms with Crippen molar-refractivity contribution >= 4 is 32.9 Å². The molecule has 3 rings (SSSR count). The van der Waals surface area contributed by atoms with Crippen LogP contribution in [-0.2, 0) is 14.8 Å². The summed E-state index contributed by atoms with van der Waals surface area (Å²) in [5.74, 6) is -0.604. The number of allylic oxidation sites excluding steroid dienone is 1. The van der Waals surface area contributed by atoms with Crippen LogP contribution in [0, 0.1) is 6.92 Å². The third-order valence-corrected chi connectivity index (χ3v) is 6.26. The molecule has 0 spiro atoms. The minimum atomic E-state index is -3.84. The second-order valence-electron chi connectivity index (χ2n) is 7.22. The highest BCUT2D eigenvalue weighted by atomic mass is 32.2. The van der Waals surface area contributed by atoms with Crippen LogP contribution in [0.15, 0.2) is 83.4 Å². The van der Waals surface area contributed by atoms with Gasteiger partial charge >= 0.3 is 0 Å². The zero-order valence-electron chi connectivity index (χ0n) is 18.0. The van der Waals surface area contributed by atoms with Crippen LogP contribution in [0.25, 0.3) is 5.57 Å². The van der Waals surface area contributed by atoms with Crippen LogP contribution in [0.1, 0.15) is 18.1 Å². The molecule has 0 unspecified atom stereocenters. The number of amides is 1. The van der Waals surface area contributed by atoms with Gasteiger partial charge in [0.15, 0.2) is 0 Å². The van der Waals surface area contributed by atoms with Crippen molar-refractivity contribution in [2.24, 2.45) is 0 Å². The molecule has 32 heavy (non-hydrogen) atoms. The lowest BCUT2D eigenvalue weighted by atomic mass is 10.0. The highest BCUT2D eigenvalue weighted by Gasteiger charge is 2.21. The molecule has 3 aromatic carbocycles. The van der Waals surface area contributed by atoms with Crippen molar-refractivity contribution in [1.82, 2.24) is 5.32 Å². The second kappa shape index (κ2) is 9.57. The number of anilines is 2. The SMILES string of the molecule is CN/C(C)=C(/C(=O)Nc1ccccc1)c1cc(NS(=O)(=O)c2ccc(C)cc2)ccc1O. The van der Waals surface area contributed by atoms with Crippen LogP contribution in [0.5, 0.6) is 5.75 Å². The number of phenolic OH excluding ortho intramolecular Hbond substituents is 1. The minimum absolute atomic E-state index is 0.113. The predicted octanol–water partition coefficient (Wildman–Crippen LogP) is 4.09. The van der Waals surface area contributed by atoms with E-state index < -0.39 is 15.9 Å². The number of carbonyl (C=O) groups excluding carboxylic acids is 1. The molecule has 0 heterocycles. The monoisotopic (exact) mass is 451 g/mol. The van der Waals surface area contributed by atoms with Gasteiger partial charge in [-0.05, 0) is 56.3 Å². The summed E-state index contributed by atoms with van der Waals surface area (Å²) in [5.41, 5.74) is 2.63. The number of aromatic hydroxyl groups is 1. The van der Waals surface area contributed by atoms with Gasteiger partial charge in [-0.15, -0.1) is 0 Å². The molecule has 0 fully saturated rings. The number of para-hydroxylation sites is 1. The average Bonchev–Trinajstić information content (AvgIpc) is 2.76. The Balaban J connectivity index is 1.97. The highest BCUT2D eigenvalue weighted by Crippen LogP contribution is 2.31. The number of rotatable bonds is 7. The minimum Gasteiger partial charge on any atom is -0.507 e. The van der Waals surface area contributed by atoms with Crippen LogP contribution in [-0.4, -0.2) is 26.5 Å². The molecule has 166 valence electrons. The Bertz CT molecular complexity index is 1250. The number of hydrogen-bond donors (Lipinski definition) is 4. The predicted molar refractivity (Wildman–Crippen MR) is 127 cm³/mol. The molecule has 0 atom stereocenters. The molecule has 4 N–H and O–H groups in total. The van der Waals surface area contributed by atoms with Crippen molar-refractivity contribution in [2.45, 2.75) is 18.7 Å². The van der Waals surface area contributed by atoms with Gasteiger partial charge in [-0.2, -0.15) is 0 Å². The lowest BCUT2D eigenvalue weighted by Gasteiger charge is -2.16. The molecule has 0 saturated heterocycles. The van der Waals surface area contributed by atoms with Crippen molar-refractivity contribution in [3.8, 4) is 5.75 Å². The molecule has 0 aliphatic rings. The third-order valence-electron chi connectivity index (χ3n) is 4.86. The second-order valence-corrected chi connectivity index (χ2v) is 8.90. The summed E-state index contributed by atoms with van der Waals surface area (Å²) in [6.07, 6.45) is 0. The van der Waals surface area contributed by atoms with Crippen LogP contribution in [0.3, 0.4) is 0 Å². The van der Waals surface area contributed by atoms with Crippen LogP contribution < -0.4 is 15.4 Å². The van der Waals surface area contributed by atoms with Crippen LogP contribution in [0.4, 0.5) is 11.4 Å². The summed E-state index contributed by atoms with van der Waals surface area (Å²) >= 11 is 0. The van der Waals surface area contributed by atoms with Gasteiger partial charge in [0.2, 0.25) is 0 Å². The number of carbonyl (C=O) groups is 1. The van der Waals surface area contributed by atoms with E-state index in [1.54, 1.807) is 50.4 Å². The van der Waals surface area contributed by atoms with E-state index in [0.717, 1.165) is 5.56 Å². The number of nitrogens with one attached hydrogen (secondary N) is 3. The number of sulfonamides is 1.